The highest BCUT2D eigenvalue weighted by Gasteiger charge is 2.20. The molecule has 0 unspecified atom stereocenters. The van der Waals surface area contributed by atoms with E-state index in [2.05, 4.69) is 15.0 Å². The zero-order chi connectivity index (χ0) is 11.1. The third-order valence-electron chi connectivity index (χ3n) is 3.13. The molecule has 1 N–H and O–H groups in total. The molecule has 2 heterocycles. The number of fused-ring (bicyclic) bond motifs is 1. The smallest absolute Gasteiger partial charge is 0.278 e. The SMILES string of the molecule is O=c1[nH]c(Cl)nc2ncn(C3CCCC3)c12. The number of hydrogen-bond acceptors (Lipinski definition) is 3. The molecule has 1 aliphatic carbocycles. The molecule has 6 heteroatoms. The second-order valence-corrected chi connectivity index (χ2v) is 4.48. The summed E-state index contributed by atoms with van der Waals surface area (Å²) >= 11 is 5.68. The van der Waals surface area contributed by atoms with Crippen molar-refractivity contribution in [3.8, 4) is 0 Å². The van der Waals surface area contributed by atoms with E-state index < -0.39 is 0 Å². The predicted molar refractivity (Wildman–Crippen MR) is 60.7 cm³/mol. The van der Waals surface area contributed by atoms with E-state index in [1.807, 2.05) is 4.57 Å². The zero-order valence-corrected chi connectivity index (χ0v) is 9.37. The summed E-state index contributed by atoms with van der Waals surface area (Å²) in [6.07, 6.45) is 6.33. The monoisotopic (exact) mass is 238 g/mol. The van der Waals surface area contributed by atoms with Gasteiger partial charge >= 0.3 is 0 Å². The van der Waals surface area contributed by atoms with E-state index in [1.165, 1.54) is 12.8 Å². The molecule has 0 amide bonds. The number of hydrogen-bond donors (Lipinski definition) is 1. The maximum absolute atomic E-state index is 11.8. The Morgan fingerprint density at radius 2 is 2.19 bits per heavy atom. The quantitative estimate of drug-likeness (QED) is 0.772. The molecule has 1 fully saturated rings. The van der Waals surface area contributed by atoms with Crippen molar-refractivity contribution in [1.82, 2.24) is 19.5 Å². The molecule has 5 nitrogen and oxygen atoms in total. The fourth-order valence-corrected chi connectivity index (χ4v) is 2.55. The highest BCUT2D eigenvalue weighted by atomic mass is 35.5. The first-order valence-electron chi connectivity index (χ1n) is 5.38. The Hall–Kier alpha value is -1.36. The number of nitrogens with one attached hydrogen (secondary N) is 1. The molecular weight excluding hydrogens is 228 g/mol. The van der Waals surface area contributed by atoms with Crippen LogP contribution in [0.4, 0.5) is 0 Å². The minimum atomic E-state index is -0.209. The summed E-state index contributed by atoms with van der Waals surface area (Å²) in [6.45, 7) is 0. The van der Waals surface area contributed by atoms with Gasteiger partial charge in [-0.15, -0.1) is 0 Å². The molecule has 0 aliphatic heterocycles. The summed E-state index contributed by atoms with van der Waals surface area (Å²) in [4.78, 5) is 22.4. The average Bonchev–Trinajstić information content (AvgIpc) is 2.82. The first kappa shape index (κ1) is 9.84. The summed E-state index contributed by atoms with van der Waals surface area (Å²) in [5, 5.41) is 0.0918. The molecule has 3 rings (SSSR count). The van der Waals surface area contributed by atoms with Gasteiger partial charge in [-0.1, -0.05) is 12.8 Å². The molecular formula is C10H11ClN4O. The van der Waals surface area contributed by atoms with Crippen LogP contribution in [-0.2, 0) is 0 Å². The van der Waals surface area contributed by atoms with Crippen LogP contribution in [0.3, 0.4) is 0 Å². The summed E-state index contributed by atoms with van der Waals surface area (Å²) in [7, 11) is 0. The summed E-state index contributed by atoms with van der Waals surface area (Å²) in [5.74, 6) is 0. The Kier molecular flexibility index (Phi) is 2.21. The number of halogens is 1. The highest BCUT2D eigenvalue weighted by Crippen LogP contribution is 2.30. The minimum Gasteiger partial charge on any atom is -0.322 e. The van der Waals surface area contributed by atoms with Gasteiger partial charge in [0.2, 0.25) is 5.28 Å². The molecule has 2 aromatic rings. The molecule has 0 bridgehead atoms. The fraction of sp³-hybridized carbons (Fsp3) is 0.500. The number of imidazole rings is 1. The van der Waals surface area contributed by atoms with Crippen LogP contribution < -0.4 is 5.56 Å². The highest BCUT2D eigenvalue weighted by molar-refractivity contribution is 6.28. The Labute approximate surface area is 96.5 Å². The zero-order valence-electron chi connectivity index (χ0n) is 8.61. The van der Waals surface area contributed by atoms with Crippen molar-refractivity contribution in [2.45, 2.75) is 31.7 Å². The molecule has 0 aromatic carbocycles. The molecule has 1 aliphatic rings. The van der Waals surface area contributed by atoms with Gasteiger partial charge in [-0.25, -0.2) is 4.98 Å². The van der Waals surface area contributed by atoms with E-state index in [-0.39, 0.29) is 10.8 Å². The predicted octanol–water partition coefficient (Wildman–Crippen LogP) is 1.89. The van der Waals surface area contributed by atoms with Gasteiger partial charge in [-0.3, -0.25) is 9.78 Å². The third-order valence-corrected chi connectivity index (χ3v) is 3.31. The summed E-state index contributed by atoms with van der Waals surface area (Å²) in [6, 6.07) is 0.383. The van der Waals surface area contributed by atoms with Crippen LogP contribution in [0.1, 0.15) is 31.7 Å². The first-order chi connectivity index (χ1) is 7.75. The molecule has 0 spiro atoms. The Balaban J connectivity index is 2.22. The van der Waals surface area contributed by atoms with Crippen molar-refractivity contribution < 1.29 is 0 Å². The van der Waals surface area contributed by atoms with Crippen molar-refractivity contribution in [3.05, 3.63) is 22.0 Å². The van der Waals surface area contributed by atoms with Crippen molar-refractivity contribution in [3.63, 3.8) is 0 Å². The summed E-state index contributed by atoms with van der Waals surface area (Å²) in [5.41, 5.74) is 0.761. The Bertz CT molecular complexity index is 582. The van der Waals surface area contributed by atoms with Gasteiger partial charge in [0.25, 0.3) is 5.56 Å². The lowest BCUT2D eigenvalue weighted by atomic mass is 10.2. The van der Waals surface area contributed by atoms with Gasteiger partial charge in [-0.2, -0.15) is 4.98 Å². The second-order valence-electron chi connectivity index (χ2n) is 4.12. The number of H-pyrrole nitrogens is 1. The van der Waals surface area contributed by atoms with Crippen LogP contribution in [0.15, 0.2) is 11.1 Å². The second kappa shape index (κ2) is 3.59. The fourth-order valence-electron chi connectivity index (χ4n) is 2.38. The average molecular weight is 239 g/mol. The van der Waals surface area contributed by atoms with Gasteiger partial charge < -0.3 is 4.57 Å². The van der Waals surface area contributed by atoms with Crippen LogP contribution in [0.5, 0.6) is 0 Å². The third kappa shape index (κ3) is 1.43. The molecule has 1 saturated carbocycles. The van der Waals surface area contributed by atoms with E-state index in [0.29, 0.717) is 17.2 Å². The summed E-state index contributed by atoms with van der Waals surface area (Å²) < 4.78 is 1.94. The number of nitrogens with zero attached hydrogens (tertiary/aromatic N) is 3. The van der Waals surface area contributed by atoms with E-state index >= 15 is 0 Å². The van der Waals surface area contributed by atoms with Gasteiger partial charge in [0.1, 0.15) is 0 Å². The van der Waals surface area contributed by atoms with E-state index in [4.69, 9.17) is 11.6 Å². The topological polar surface area (TPSA) is 63.6 Å². The van der Waals surface area contributed by atoms with Crippen LogP contribution in [-0.4, -0.2) is 19.5 Å². The Morgan fingerprint density at radius 3 is 2.94 bits per heavy atom. The van der Waals surface area contributed by atoms with E-state index in [1.54, 1.807) is 6.33 Å². The number of aromatic nitrogens is 4. The van der Waals surface area contributed by atoms with Gasteiger partial charge in [0.05, 0.1) is 6.33 Å². The first-order valence-corrected chi connectivity index (χ1v) is 5.76. The maximum atomic E-state index is 11.8. The number of aromatic amines is 1. The van der Waals surface area contributed by atoms with Crippen molar-refractivity contribution in [1.29, 1.82) is 0 Å². The standard InChI is InChI=1S/C10H11ClN4O/c11-10-13-8-7(9(16)14-10)15(5-12-8)6-3-1-2-4-6/h5-6H,1-4H2,(H,13,14,16). The van der Waals surface area contributed by atoms with Crippen LogP contribution in [0.25, 0.3) is 11.2 Å². The molecule has 2 aromatic heterocycles. The van der Waals surface area contributed by atoms with Gasteiger partial charge in [0, 0.05) is 6.04 Å². The van der Waals surface area contributed by atoms with E-state index in [9.17, 15) is 4.79 Å². The maximum Gasteiger partial charge on any atom is 0.278 e. The molecule has 0 atom stereocenters. The lowest BCUT2D eigenvalue weighted by Crippen LogP contribution is -2.14. The lowest BCUT2D eigenvalue weighted by Gasteiger charge is -2.10. The normalized spacial score (nSPS) is 17.3. The van der Waals surface area contributed by atoms with Crippen molar-refractivity contribution in [2.75, 3.05) is 0 Å². The molecule has 84 valence electrons. The van der Waals surface area contributed by atoms with Crippen LogP contribution in [0.2, 0.25) is 5.28 Å². The van der Waals surface area contributed by atoms with E-state index in [0.717, 1.165) is 12.8 Å². The molecule has 16 heavy (non-hydrogen) atoms. The lowest BCUT2D eigenvalue weighted by molar-refractivity contribution is 0.531. The van der Waals surface area contributed by atoms with Gasteiger partial charge in [0.15, 0.2) is 11.2 Å². The molecule has 0 saturated heterocycles. The molecule has 0 radical (unpaired) electrons. The van der Waals surface area contributed by atoms with Crippen molar-refractivity contribution >= 4 is 22.8 Å². The minimum absolute atomic E-state index is 0.0918. The van der Waals surface area contributed by atoms with Gasteiger partial charge in [-0.05, 0) is 24.4 Å². The van der Waals surface area contributed by atoms with Crippen LogP contribution in [0, 0.1) is 0 Å². The Morgan fingerprint density at radius 1 is 1.44 bits per heavy atom. The largest absolute Gasteiger partial charge is 0.322 e. The van der Waals surface area contributed by atoms with Crippen molar-refractivity contribution in [2.24, 2.45) is 0 Å². The van der Waals surface area contributed by atoms with Crippen LogP contribution >= 0.6 is 11.6 Å². The number of rotatable bonds is 1.